The Bertz CT molecular complexity index is 798. The first-order chi connectivity index (χ1) is 12.8. The maximum Gasteiger partial charge on any atom is 0.407 e. The third kappa shape index (κ3) is 4.91. The van der Waals surface area contributed by atoms with E-state index >= 15 is 0 Å². The molecule has 27 heavy (non-hydrogen) atoms. The normalized spacial score (nSPS) is 12.6. The minimum absolute atomic E-state index is 0.00195. The first-order valence-corrected chi connectivity index (χ1v) is 8.26. The number of hydrogen-bond donors (Lipinski definition) is 2. The van der Waals surface area contributed by atoms with Crippen LogP contribution in [0.5, 0.6) is 0 Å². The molecule has 0 unspecified atom stereocenters. The highest BCUT2D eigenvalue weighted by molar-refractivity contribution is 6.22. The number of non-ortho nitro benzene ring substituents is 1. The summed E-state index contributed by atoms with van der Waals surface area (Å²) in [6.45, 7) is -0.376. The van der Waals surface area contributed by atoms with Crippen molar-refractivity contribution in [1.29, 1.82) is 0 Å². The number of hydrogen-bond acceptors (Lipinski definition) is 7. The molecule has 1 aliphatic heterocycles. The van der Waals surface area contributed by atoms with Crippen LogP contribution in [0, 0.1) is 10.1 Å². The number of nitrogens with one attached hydrogen (secondary N) is 2. The third-order valence-corrected chi connectivity index (χ3v) is 3.65. The van der Waals surface area contributed by atoms with Gasteiger partial charge >= 0.3 is 6.09 Å². The number of rotatable bonds is 8. The molecule has 0 spiro atoms. The number of imide groups is 1. The average molecular weight is 399 g/mol. The van der Waals surface area contributed by atoms with Crippen molar-refractivity contribution in [2.24, 2.45) is 0 Å². The van der Waals surface area contributed by atoms with Crippen LogP contribution in [0.15, 0.2) is 18.2 Å². The fourth-order valence-electron chi connectivity index (χ4n) is 2.28. The van der Waals surface area contributed by atoms with Crippen molar-refractivity contribution < 1.29 is 28.8 Å². The minimum atomic E-state index is -0.781. The Balaban J connectivity index is 1.86. The number of benzene rings is 1. The molecule has 0 fully saturated rings. The number of ether oxygens (including phenoxy) is 1. The van der Waals surface area contributed by atoms with E-state index in [-0.39, 0.29) is 42.4 Å². The molecule has 0 bridgehead atoms. The Hall–Kier alpha value is -3.21. The van der Waals surface area contributed by atoms with Gasteiger partial charge in [-0.3, -0.25) is 29.4 Å². The predicted molar refractivity (Wildman–Crippen MR) is 91.5 cm³/mol. The van der Waals surface area contributed by atoms with E-state index in [1.165, 1.54) is 6.07 Å². The summed E-state index contributed by atoms with van der Waals surface area (Å²) < 4.78 is 4.66. The number of carbonyl (C=O) groups is 4. The van der Waals surface area contributed by atoms with E-state index in [2.05, 4.69) is 15.4 Å². The average Bonchev–Trinajstić information content (AvgIpc) is 2.88. The van der Waals surface area contributed by atoms with Crippen LogP contribution in [0.4, 0.5) is 10.5 Å². The third-order valence-electron chi connectivity index (χ3n) is 3.49. The van der Waals surface area contributed by atoms with Gasteiger partial charge in [0.15, 0.2) is 0 Å². The molecule has 0 aliphatic carbocycles. The largest absolute Gasteiger partial charge is 0.448 e. The van der Waals surface area contributed by atoms with Gasteiger partial charge in [0, 0.05) is 25.2 Å². The van der Waals surface area contributed by atoms with Gasteiger partial charge in [-0.2, -0.15) is 0 Å². The molecule has 0 saturated heterocycles. The maximum atomic E-state index is 12.3. The van der Waals surface area contributed by atoms with E-state index in [0.717, 1.165) is 12.1 Å². The molecule has 1 aliphatic rings. The topological polar surface area (TPSA) is 148 Å². The van der Waals surface area contributed by atoms with Gasteiger partial charge in [0.05, 0.1) is 21.9 Å². The highest BCUT2D eigenvalue weighted by Crippen LogP contribution is 2.26. The quantitative estimate of drug-likeness (QED) is 0.210. The molecular formula is C15H15ClN4O7. The van der Waals surface area contributed by atoms with Crippen LogP contribution in [0.3, 0.4) is 0 Å². The van der Waals surface area contributed by atoms with Crippen LogP contribution in [0.1, 0.15) is 20.7 Å². The molecule has 1 heterocycles. The molecule has 144 valence electrons. The van der Waals surface area contributed by atoms with E-state index in [9.17, 15) is 29.3 Å². The number of nitrogens with zero attached hydrogens (tertiary/aromatic N) is 2. The molecule has 0 aromatic heterocycles. The Labute approximate surface area is 157 Å². The summed E-state index contributed by atoms with van der Waals surface area (Å²) in [5, 5.41) is 15.6. The van der Waals surface area contributed by atoms with Crippen molar-refractivity contribution in [2.45, 2.75) is 0 Å². The summed E-state index contributed by atoms with van der Waals surface area (Å²) in [6.07, 6.45) is -0.688. The predicted octanol–water partition coefficient (Wildman–Crippen LogP) is 0.272. The smallest absolute Gasteiger partial charge is 0.407 e. The second-order valence-electron chi connectivity index (χ2n) is 5.29. The number of carbonyl (C=O) groups excluding carboxylic acids is 4. The van der Waals surface area contributed by atoms with Crippen molar-refractivity contribution in [3.63, 3.8) is 0 Å². The van der Waals surface area contributed by atoms with E-state index in [1.54, 1.807) is 0 Å². The fourth-order valence-corrected chi connectivity index (χ4v) is 2.36. The van der Waals surface area contributed by atoms with Gasteiger partial charge < -0.3 is 15.4 Å². The Morgan fingerprint density at radius 1 is 1.15 bits per heavy atom. The lowest BCUT2D eigenvalue weighted by molar-refractivity contribution is -0.384. The summed E-state index contributed by atoms with van der Waals surface area (Å²) in [5.41, 5.74) is -0.443. The first kappa shape index (κ1) is 20.1. The van der Waals surface area contributed by atoms with Crippen molar-refractivity contribution in [2.75, 3.05) is 32.1 Å². The van der Waals surface area contributed by atoms with Gasteiger partial charge in [0.2, 0.25) is 5.91 Å². The standard InChI is InChI=1S/C15H15ClN4O7/c16-3-6-27-15(24)18-5-4-17-12(21)8-19-13(22)10-2-1-9(20(25)26)7-11(10)14(19)23/h1-2,7H,3-6,8H2,(H,17,21)(H,18,24). The van der Waals surface area contributed by atoms with E-state index in [0.29, 0.717) is 4.90 Å². The minimum Gasteiger partial charge on any atom is -0.448 e. The van der Waals surface area contributed by atoms with Crippen LogP contribution in [-0.2, 0) is 9.53 Å². The zero-order valence-electron chi connectivity index (χ0n) is 13.9. The second kappa shape index (κ2) is 8.94. The number of nitro benzene ring substituents is 1. The summed E-state index contributed by atoms with van der Waals surface area (Å²) in [7, 11) is 0. The highest BCUT2D eigenvalue weighted by atomic mass is 35.5. The summed E-state index contributed by atoms with van der Waals surface area (Å²) in [5.74, 6) is -1.96. The molecule has 12 heteroatoms. The molecule has 0 radical (unpaired) electrons. The number of nitro groups is 1. The van der Waals surface area contributed by atoms with E-state index < -0.39 is 35.3 Å². The second-order valence-corrected chi connectivity index (χ2v) is 5.66. The molecule has 4 amide bonds. The SMILES string of the molecule is O=C(CN1C(=O)c2ccc([N+](=O)[O-])cc2C1=O)NCCNC(=O)OCCCl. The van der Waals surface area contributed by atoms with Gasteiger partial charge in [0.1, 0.15) is 13.2 Å². The fraction of sp³-hybridized carbons (Fsp3) is 0.333. The Kier molecular flexibility index (Phi) is 6.66. The lowest BCUT2D eigenvalue weighted by atomic mass is 10.1. The molecule has 2 rings (SSSR count). The van der Waals surface area contributed by atoms with Gasteiger partial charge in [-0.05, 0) is 6.07 Å². The van der Waals surface area contributed by atoms with Crippen LogP contribution < -0.4 is 10.6 Å². The van der Waals surface area contributed by atoms with Crippen molar-refractivity contribution >= 4 is 41.1 Å². The van der Waals surface area contributed by atoms with Gasteiger partial charge in [-0.25, -0.2) is 4.79 Å². The van der Waals surface area contributed by atoms with E-state index in [1.807, 2.05) is 0 Å². The number of alkyl halides is 1. The summed E-state index contributed by atoms with van der Waals surface area (Å²) in [4.78, 5) is 58.3. The number of amides is 4. The molecule has 0 saturated carbocycles. The monoisotopic (exact) mass is 398 g/mol. The van der Waals surface area contributed by atoms with Crippen LogP contribution >= 0.6 is 11.6 Å². The molecule has 11 nitrogen and oxygen atoms in total. The van der Waals surface area contributed by atoms with Crippen molar-refractivity contribution in [1.82, 2.24) is 15.5 Å². The first-order valence-electron chi connectivity index (χ1n) is 7.73. The van der Waals surface area contributed by atoms with Gasteiger partial charge in [0.25, 0.3) is 17.5 Å². The molecule has 2 N–H and O–H groups in total. The molecule has 0 atom stereocenters. The van der Waals surface area contributed by atoms with Gasteiger partial charge in [-0.15, -0.1) is 11.6 Å². The van der Waals surface area contributed by atoms with Crippen LogP contribution in [0.2, 0.25) is 0 Å². The lowest BCUT2D eigenvalue weighted by Gasteiger charge is -2.13. The summed E-state index contributed by atoms with van der Waals surface area (Å²) in [6, 6.07) is 3.30. The molecule has 1 aromatic rings. The number of halogens is 1. The van der Waals surface area contributed by atoms with Crippen LogP contribution in [-0.4, -0.2) is 65.8 Å². The lowest BCUT2D eigenvalue weighted by Crippen LogP contribution is -2.42. The molecular weight excluding hydrogens is 384 g/mol. The highest BCUT2D eigenvalue weighted by Gasteiger charge is 2.37. The van der Waals surface area contributed by atoms with Crippen molar-refractivity contribution in [3.05, 3.63) is 39.4 Å². The Morgan fingerprint density at radius 3 is 2.48 bits per heavy atom. The maximum absolute atomic E-state index is 12.3. The van der Waals surface area contributed by atoms with E-state index in [4.69, 9.17) is 11.6 Å². The summed E-state index contributed by atoms with van der Waals surface area (Å²) >= 11 is 5.36. The zero-order chi connectivity index (χ0) is 20.0. The molecule has 1 aromatic carbocycles. The zero-order valence-corrected chi connectivity index (χ0v) is 14.7. The van der Waals surface area contributed by atoms with Crippen LogP contribution in [0.25, 0.3) is 0 Å². The number of alkyl carbamates (subject to hydrolysis) is 1. The number of fused-ring (bicyclic) bond motifs is 1. The Morgan fingerprint density at radius 2 is 1.81 bits per heavy atom. The van der Waals surface area contributed by atoms with Gasteiger partial charge in [-0.1, -0.05) is 0 Å². The van der Waals surface area contributed by atoms with Crippen molar-refractivity contribution in [3.8, 4) is 0 Å².